The SMILES string of the molecule is CO[C@H]1[C@H](O[C@H]2O[C@@H](C)[C@H](O[C@@H]3C[C@](C)(O)[C@H](O)[C@@H](C)O3)[C@@H](N(C)C)[C@@H]2O)[C@H](CC=O)C[C@H](C)[C@H](O[C@@H]2CC[C@@H](N(C)C)[C@H](C)O2)/C=C/C=C/C[C@H](C)OC(=O)C[C@@H]1OC.O=C(O)CCCCC(=O)O. The van der Waals surface area contributed by atoms with E-state index < -0.39 is 115 Å². The summed E-state index contributed by atoms with van der Waals surface area (Å²) in [5, 5.41) is 49.8. The van der Waals surface area contributed by atoms with Crippen LogP contribution in [0.2, 0.25) is 0 Å². The topological polar surface area (TPSA) is 259 Å². The Morgan fingerprint density at radius 3 is 2.00 bits per heavy atom. The van der Waals surface area contributed by atoms with Crippen LogP contribution in [0.3, 0.4) is 0 Å². The molecule has 3 fully saturated rings. The fourth-order valence-corrected chi connectivity index (χ4v) is 9.85. The number of unbranched alkanes of at least 4 members (excludes halogenated alkanes) is 1. The number of carbonyl (C=O) groups is 4. The van der Waals surface area contributed by atoms with E-state index in [0.29, 0.717) is 32.1 Å². The maximum Gasteiger partial charge on any atom is 0.308 e. The molecule has 4 heterocycles. The molecule has 0 aromatic rings. The van der Waals surface area contributed by atoms with Crippen LogP contribution in [0.1, 0.15) is 112 Å². The number of allylic oxidation sites excluding steroid dienone is 2. The molecule has 0 unspecified atom stereocenters. The fourth-order valence-electron chi connectivity index (χ4n) is 9.85. The first kappa shape index (κ1) is 61.3. The second kappa shape index (κ2) is 29.7. The van der Waals surface area contributed by atoms with E-state index in [2.05, 4.69) is 32.8 Å². The van der Waals surface area contributed by atoms with Gasteiger partial charge in [0.15, 0.2) is 18.9 Å². The summed E-state index contributed by atoms with van der Waals surface area (Å²) in [6.07, 6.45) is 1.31. The van der Waals surface area contributed by atoms with Crippen molar-refractivity contribution in [2.75, 3.05) is 42.4 Å². The summed E-state index contributed by atoms with van der Waals surface area (Å²) in [5.41, 5.74) is -1.46. The van der Waals surface area contributed by atoms with Crippen molar-refractivity contribution in [1.82, 2.24) is 9.80 Å². The molecule has 0 aromatic carbocycles. The summed E-state index contributed by atoms with van der Waals surface area (Å²) in [7, 11) is 10.7. The van der Waals surface area contributed by atoms with E-state index in [0.717, 1.165) is 12.7 Å². The number of methoxy groups -OCH3 is 2. The zero-order valence-corrected chi connectivity index (χ0v) is 43.5. The number of rotatable bonds is 17. The Hall–Kier alpha value is -2.96. The highest BCUT2D eigenvalue weighted by molar-refractivity contribution is 5.70. The number of nitrogens with zero attached hydrogens (tertiary/aromatic N) is 2. The number of carboxylic acids is 2. The number of ether oxygens (including phenoxy) is 9. The number of likely N-dealkylation sites (N-methyl/N-ethyl adjacent to an activating group) is 2. The first-order valence-corrected chi connectivity index (χ1v) is 24.7. The summed E-state index contributed by atoms with van der Waals surface area (Å²) in [6.45, 7) is 10.9. The molecule has 0 amide bonds. The average molecular weight is 1000 g/mol. The van der Waals surface area contributed by atoms with Gasteiger partial charge in [0.05, 0.1) is 54.7 Å². The van der Waals surface area contributed by atoms with Crippen molar-refractivity contribution in [3.63, 3.8) is 0 Å². The lowest BCUT2D eigenvalue weighted by Gasteiger charge is -2.50. The van der Waals surface area contributed by atoms with Gasteiger partial charge in [-0.1, -0.05) is 31.2 Å². The molecule has 5 N–H and O–H groups in total. The number of aldehydes is 1. The number of esters is 1. The molecular formula is C50H86N2O18. The van der Waals surface area contributed by atoms with Crippen molar-refractivity contribution < 1.29 is 87.3 Å². The van der Waals surface area contributed by atoms with E-state index in [-0.39, 0.29) is 50.2 Å². The Balaban J connectivity index is 0.00000116. The van der Waals surface area contributed by atoms with Crippen LogP contribution in [0, 0.1) is 11.8 Å². The van der Waals surface area contributed by atoms with Crippen molar-refractivity contribution >= 4 is 24.2 Å². The summed E-state index contributed by atoms with van der Waals surface area (Å²) >= 11 is 0. The van der Waals surface area contributed by atoms with Gasteiger partial charge in [-0.2, -0.15) is 0 Å². The molecule has 4 rings (SSSR count). The van der Waals surface area contributed by atoms with Gasteiger partial charge in [-0.05, 0) is 107 Å². The first-order chi connectivity index (χ1) is 32.9. The number of aliphatic hydroxyl groups excluding tert-OH is 2. The van der Waals surface area contributed by atoms with Crippen LogP contribution >= 0.6 is 0 Å². The van der Waals surface area contributed by atoms with Crippen molar-refractivity contribution in [3.8, 4) is 0 Å². The molecule has 70 heavy (non-hydrogen) atoms. The highest BCUT2D eigenvalue weighted by atomic mass is 16.7. The normalized spacial score (nSPS) is 40.1. The van der Waals surface area contributed by atoms with Crippen LogP contribution in [0.15, 0.2) is 24.3 Å². The van der Waals surface area contributed by atoms with Gasteiger partial charge in [-0.15, -0.1) is 0 Å². The Labute approximate surface area is 414 Å². The number of carbonyl (C=O) groups excluding carboxylic acids is 2. The van der Waals surface area contributed by atoms with E-state index in [1.54, 1.807) is 27.9 Å². The minimum Gasteiger partial charge on any atom is -0.481 e. The highest BCUT2D eigenvalue weighted by Crippen LogP contribution is 2.38. The minimum absolute atomic E-state index is 0.000641. The van der Waals surface area contributed by atoms with Crippen molar-refractivity contribution in [1.29, 1.82) is 0 Å². The molecule has 0 radical (unpaired) electrons. The maximum atomic E-state index is 13.3. The van der Waals surface area contributed by atoms with Gasteiger partial charge in [-0.3, -0.25) is 14.4 Å². The van der Waals surface area contributed by atoms with Crippen LogP contribution in [0.25, 0.3) is 0 Å². The summed E-state index contributed by atoms with van der Waals surface area (Å²) in [4.78, 5) is 49.7. The zero-order valence-electron chi connectivity index (χ0n) is 43.5. The van der Waals surface area contributed by atoms with Gasteiger partial charge >= 0.3 is 17.9 Å². The second-order valence-electron chi connectivity index (χ2n) is 20.0. The lowest BCUT2D eigenvalue weighted by molar-refractivity contribution is -0.344. The molecular weight excluding hydrogens is 917 g/mol. The Bertz CT molecular complexity index is 1630. The van der Waals surface area contributed by atoms with Gasteiger partial charge in [0.1, 0.15) is 36.8 Å². The van der Waals surface area contributed by atoms with E-state index in [1.165, 1.54) is 21.1 Å². The second-order valence-corrected chi connectivity index (χ2v) is 20.0. The summed E-state index contributed by atoms with van der Waals surface area (Å²) < 4.78 is 56.6. The van der Waals surface area contributed by atoms with Crippen molar-refractivity contribution in [2.24, 2.45) is 11.8 Å². The van der Waals surface area contributed by atoms with Crippen molar-refractivity contribution in [3.05, 3.63) is 24.3 Å². The van der Waals surface area contributed by atoms with Crippen LogP contribution in [0.4, 0.5) is 0 Å². The van der Waals surface area contributed by atoms with Crippen LogP contribution in [0.5, 0.6) is 0 Å². The van der Waals surface area contributed by atoms with Gasteiger partial charge < -0.3 is 82.8 Å². The van der Waals surface area contributed by atoms with Gasteiger partial charge in [0.25, 0.3) is 0 Å². The molecule has 0 aromatic heterocycles. The summed E-state index contributed by atoms with van der Waals surface area (Å²) in [6, 6.07) is -0.423. The monoisotopic (exact) mass is 1000 g/mol. The Kier molecular flexibility index (Phi) is 26.0. The third-order valence-corrected chi connectivity index (χ3v) is 13.7. The fraction of sp³-hybridized carbons (Fsp3) is 0.840. The van der Waals surface area contributed by atoms with Crippen LogP contribution < -0.4 is 0 Å². The van der Waals surface area contributed by atoms with Crippen molar-refractivity contribution in [2.45, 2.75) is 216 Å². The maximum absolute atomic E-state index is 13.3. The number of hydrogen-bond donors (Lipinski definition) is 5. The van der Waals surface area contributed by atoms with E-state index >= 15 is 0 Å². The first-order valence-electron chi connectivity index (χ1n) is 24.7. The Morgan fingerprint density at radius 2 is 1.46 bits per heavy atom. The van der Waals surface area contributed by atoms with Gasteiger partial charge in [0.2, 0.25) is 0 Å². The highest BCUT2D eigenvalue weighted by Gasteiger charge is 2.52. The van der Waals surface area contributed by atoms with E-state index in [9.17, 15) is 34.5 Å². The minimum atomic E-state index is -1.46. The van der Waals surface area contributed by atoms with Gasteiger partial charge in [0, 0.05) is 52.4 Å². The lowest BCUT2D eigenvalue weighted by atomic mass is 9.82. The molecule has 4 aliphatic rings. The number of carboxylic acid groups (broad SMARTS) is 2. The third kappa shape index (κ3) is 18.8. The van der Waals surface area contributed by atoms with E-state index in [1.807, 2.05) is 36.1 Å². The molecule has 4 aliphatic heterocycles. The number of aliphatic carboxylic acids is 2. The number of cyclic esters (lactones) is 1. The number of hydrogen-bond acceptors (Lipinski definition) is 18. The zero-order chi connectivity index (χ0) is 52.5. The third-order valence-electron chi connectivity index (χ3n) is 13.7. The van der Waals surface area contributed by atoms with Crippen LogP contribution in [-0.2, 0) is 61.8 Å². The smallest absolute Gasteiger partial charge is 0.308 e. The molecule has 20 heteroatoms. The predicted molar refractivity (Wildman–Crippen MR) is 255 cm³/mol. The summed E-state index contributed by atoms with van der Waals surface area (Å²) in [5.74, 6) is -2.94. The Morgan fingerprint density at radius 1 is 0.814 bits per heavy atom. The quantitative estimate of drug-likeness (QED) is 0.0791. The average Bonchev–Trinajstić information content (AvgIpc) is 3.26. The molecule has 0 saturated carbocycles. The molecule has 0 spiro atoms. The van der Waals surface area contributed by atoms with Crippen LogP contribution in [-0.4, -0.2) is 206 Å². The van der Waals surface area contributed by atoms with Gasteiger partial charge in [-0.25, -0.2) is 0 Å². The molecule has 404 valence electrons. The molecule has 0 bridgehead atoms. The molecule has 20 nitrogen and oxygen atoms in total. The molecule has 19 atom stereocenters. The largest absolute Gasteiger partial charge is 0.481 e. The molecule has 3 saturated heterocycles. The standard InChI is InChI=1S/C44H76N2O14.C6H10O4/c1-25-22-30(20-21-47)40(60-43-38(49)37(46(9)10)39(28(4)57-43)59-36-24-44(6,51)42(50)29(5)56-36)41(53-12)33(52-11)23-34(48)54-26(2)16-14-13-15-17-32(25)58-35-19-18-31(45(7)8)27(3)55-35;7-5(8)3-1-2-4-6(9)10/h13-15,17,21,25-33,35-43,49-51H,16,18-20,22-24H2,1-12H3;1-4H2,(H,7,8)(H,9,10)/b14-13+,17-15+;/t25-,26-,27-,28-,29+,30+,31+,32+,33-,35+,36+,37-,38-,39-,40+,41+,42+,43+,44-;/m0./s1. The molecule has 0 aliphatic carbocycles. The number of aliphatic hydroxyl groups is 3. The lowest BCUT2D eigenvalue weighted by Crippen LogP contribution is -2.65. The van der Waals surface area contributed by atoms with E-state index in [4.69, 9.17) is 52.8 Å². The predicted octanol–water partition coefficient (Wildman–Crippen LogP) is 3.70.